The van der Waals surface area contributed by atoms with Gasteiger partial charge in [0.05, 0.1) is 6.26 Å². The highest BCUT2D eigenvalue weighted by Crippen LogP contribution is 2.31. The number of anilines is 1. The van der Waals surface area contributed by atoms with E-state index >= 15 is 0 Å². The van der Waals surface area contributed by atoms with Crippen molar-refractivity contribution in [2.45, 2.75) is 45.6 Å². The SMILES string of the molecule is Cc1sc(N(Cc2ccccc2)CC2CCCCC2)nc1C(=O)NS(C)(=O)=O. The van der Waals surface area contributed by atoms with Gasteiger partial charge < -0.3 is 4.90 Å². The zero-order valence-corrected chi connectivity index (χ0v) is 18.0. The van der Waals surface area contributed by atoms with Gasteiger partial charge in [-0.25, -0.2) is 18.1 Å². The molecule has 2 aromatic rings. The van der Waals surface area contributed by atoms with Gasteiger partial charge >= 0.3 is 0 Å². The number of aromatic nitrogens is 1. The molecule has 0 unspecified atom stereocenters. The second-order valence-electron chi connectivity index (χ2n) is 7.47. The van der Waals surface area contributed by atoms with E-state index in [9.17, 15) is 13.2 Å². The van der Waals surface area contributed by atoms with Crippen molar-refractivity contribution in [1.82, 2.24) is 9.71 Å². The van der Waals surface area contributed by atoms with E-state index in [4.69, 9.17) is 0 Å². The van der Waals surface area contributed by atoms with Crippen LogP contribution in [-0.4, -0.2) is 32.1 Å². The molecular formula is C20H27N3O3S2. The summed E-state index contributed by atoms with van der Waals surface area (Å²) in [5, 5.41) is 0.769. The van der Waals surface area contributed by atoms with Gasteiger partial charge in [-0.15, -0.1) is 11.3 Å². The summed E-state index contributed by atoms with van der Waals surface area (Å²) in [6.07, 6.45) is 7.25. The van der Waals surface area contributed by atoms with Crippen molar-refractivity contribution in [2.75, 3.05) is 17.7 Å². The number of amides is 1. The Hall–Kier alpha value is -1.93. The van der Waals surface area contributed by atoms with E-state index in [0.717, 1.165) is 29.4 Å². The highest BCUT2D eigenvalue weighted by molar-refractivity contribution is 7.89. The summed E-state index contributed by atoms with van der Waals surface area (Å²) in [6.45, 7) is 3.42. The Balaban J connectivity index is 1.84. The fourth-order valence-corrected chi connectivity index (χ4v) is 4.99. The predicted octanol–water partition coefficient (Wildman–Crippen LogP) is 3.73. The van der Waals surface area contributed by atoms with Gasteiger partial charge in [0.25, 0.3) is 5.91 Å². The molecule has 8 heteroatoms. The molecule has 1 saturated carbocycles. The lowest BCUT2D eigenvalue weighted by atomic mass is 9.89. The van der Waals surface area contributed by atoms with Crippen molar-refractivity contribution in [3.05, 3.63) is 46.5 Å². The van der Waals surface area contributed by atoms with Gasteiger partial charge in [-0.3, -0.25) is 4.79 Å². The minimum Gasteiger partial charge on any atom is -0.343 e. The van der Waals surface area contributed by atoms with Gasteiger partial charge in [-0.1, -0.05) is 49.6 Å². The Morgan fingerprint density at radius 1 is 1.21 bits per heavy atom. The van der Waals surface area contributed by atoms with Crippen molar-refractivity contribution in [3.63, 3.8) is 0 Å². The highest BCUT2D eigenvalue weighted by atomic mass is 32.2. The fraction of sp³-hybridized carbons (Fsp3) is 0.500. The average molecular weight is 422 g/mol. The summed E-state index contributed by atoms with van der Waals surface area (Å²) in [5.41, 5.74) is 1.38. The molecule has 1 fully saturated rings. The molecule has 0 atom stereocenters. The molecule has 3 rings (SSSR count). The normalized spacial score (nSPS) is 15.4. The van der Waals surface area contributed by atoms with Gasteiger partial charge in [0.2, 0.25) is 10.0 Å². The molecule has 0 bridgehead atoms. The van der Waals surface area contributed by atoms with Crippen molar-refractivity contribution in [1.29, 1.82) is 0 Å². The molecule has 0 spiro atoms. The summed E-state index contributed by atoms with van der Waals surface area (Å²) in [6, 6.07) is 10.2. The van der Waals surface area contributed by atoms with Crippen LogP contribution in [0.3, 0.4) is 0 Å². The number of hydrogen-bond donors (Lipinski definition) is 1. The van der Waals surface area contributed by atoms with E-state index in [1.165, 1.54) is 49.0 Å². The second-order valence-corrected chi connectivity index (χ2v) is 10.4. The average Bonchev–Trinajstić information content (AvgIpc) is 3.03. The quantitative estimate of drug-likeness (QED) is 0.737. The molecule has 1 N–H and O–H groups in total. The Bertz CT molecular complexity index is 904. The van der Waals surface area contributed by atoms with Crippen LogP contribution in [0, 0.1) is 12.8 Å². The first kappa shape index (κ1) is 20.8. The van der Waals surface area contributed by atoms with E-state index in [2.05, 4.69) is 22.0 Å². The minimum atomic E-state index is -3.62. The standard InChI is InChI=1S/C20H27N3O3S2/c1-15-18(19(24)22-28(2,25)26)21-20(27-15)23(13-16-9-5-3-6-10-16)14-17-11-7-4-8-12-17/h3,5-6,9-10,17H,4,7-8,11-14H2,1-2H3,(H,22,24). The van der Waals surface area contributed by atoms with E-state index in [1.807, 2.05) is 22.9 Å². The van der Waals surface area contributed by atoms with E-state index in [1.54, 1.807) is 6.92 Å². The molecule has 1 heterocycles. The molecule has 0 saturated heterocycles. The van der Waals surface area contributed by atoms with Gasteiger partial charge in [-0.05, 0) is 31.2 Å². The van der Waals surface area contributed by atoms with Crippen LogP contribution >= 0.6 is 11.3 Å². The van der Waals surface area contributed by atoms with Gasteiger partial charge in [-0.2, -0.15) is 0 Å². The van der Waals surface area contributed by atoms with Crippen molar-refractivity contribution in [2.24, 2.45) is 5.92 Å². The number of nitrogens with one attached hydrogen (secondary N) is 1. The number of rotatable bonds is 7. The molecule has 1 aliphatic carbocycles. The second kappa shape index (κ2) is 9.05. The van der Waals surface area contributed by atoms with Crippen LogP contribution < -0.4 is 9.62 Å². The summed E-state index contributed by atoms with van der Waals surface area (Å²) in [7, 11) is -3.62. The molecule has 28 heavy (non-hydrogen) atoms. The topological polar surface area (TPSA) is 79.4 Å². The monoisotopic (exact) mass is 421 g/mol. The van der Waals surface area contributed by atoms with Gasteiger partial charge in [0.1, 0.15) is 5.69 Å². The van der Waals surface area contributed by atoms with Crippen molar-refractivity contribution >= 4 is 32.4 Å². The number of carbonyl (C=O) groups is 1. The molecule has 0 aliphatic heterocycles. The molecule has 1 aliphatic rings. The van der Waals surface area contributed by atoms with Crippen LogP contribution in [0.5, 0.6) is 0 Å². The van der Waals surface area contributed by atoms with E-state index in [-0.39, 0.29) is 5.69 Å². The number of hydrogen-bond acceptors (Lipinski definition) is 6. The lowest BCUT2D eigenvalue weighted by Crippen LogP contribution is -2.31. The first-order valence-electron chi connectivity index (χ1n) is 9.60. The molecule has 152 valence electrons. The van der Waals surface area contributed by atoms with Gasteiger partial charge in [0.15, 0.2) is 5.13 Å². The first-order valence-corrected chi connectivity index (χ1v) is 12.3. The highest BCUT2D eigenvalue weighted by Gasteiger charge is 2.24. The van der Waals surface area contributed by atoms with E-state index in [0.29, 0.717) is 5.92 Å². The first-order chi connectivity index (χ1) is 13.3. The Labute approximate surface area is 171 Å². The summed E-state index contributed by atoms with van der Waals surface area (Å²) in [4.78, 5) is 19.8. The molecule has 1 aromatic heterocycles. The maximum atomic E-state index is 12.3. The third-order valence-corrected chi connectivity index (χ3v) is 6.56. The number of thiazole rings is 1. The molecule has 1 aromatic carbocycles. The Kier molecular flexibility index (Phi) is 6.72. The number of nitrogens with zero attached hydrogens (tertiary/aromatic N) is 2. The zero-order valence-electron chi connectivity index (χ0n) is 16.3. The van der Waals surface area contributed by atoms with Crippen LogP contribution in [-0.2, 0) is 16.6 Å². The summed E-state index contributed by atoms with van der Waals surface area (Å²) in [5.74, 6) is -0.0465. The number of sulfonamides is 1. The predicted molar refractivity (Wildman–Crippen MR) is 113 cm³/mol. The van der Waals surface area contributed by atoms with Crippen LogP contribution in [0.15, 0.2) is 30.3 Å². The zero-order chi connectivity index (χ0) is 20.1. The summed E-state index contributed by atoms with van der Waals surface area (Å²) >= 11 is 1.44. The smallest absolute Gasteiger partial charge is 0.284 e. The third kappa shape index (κ3) is 5.78. The van der Waals surface area contributed by atoms with Crippen molar-refractivity contribution in [3.8, 4) is 0 Å². The molecule has 6 nitrogen and oxygen atoms in total. The maximum Gasteiger partial charge on any atom is 0.284 e. The fourth-order valence-electron chi connectivity index (χ4n) is 3.64. The Morgan fingerprint density at radius 3 is 2.54 bits per heavy atom. The number of benzene rings is 1. The molecule has 0 radical (unpaired) electrons. The minimum absolute atomic E-state index is 0.187. The van der Waals surface area contributed by atoms with Crippen LogP contribution in [0.4, 0.5) is 5.13 Å². The maximum absolute atomic E-state index is 12.3. The van der Waals surface area contributed by atoms with Crippen LogP contribution in [0.1, 0.15) is 53.0 Å². The third-order valence-electron chi connectivity index (χ3n) is 4.97. The Morgan fingerprint density at radius 2 is 1.89 bits per heavy atom. The van der Waals surface area contributed by atoms with Crippen LogP contribution in [0.2, 0.25) is 0 Å². The largest absolute Gasteiger partial charge is 0.343 e. The lowest BCUT2D eigenvalue weighted by Gasteiger charge is -2.29. The lowest BCUT2D eigenvalue weighted by molar-refractivity contribution is 0.0977. The molecular weight excluding hydrogens is 394 g/mol. The van der Waals surface area contributed by atoms with Crippen LogP contribution in [0.25, 0.3) is 0 Å². The van der Waals surface area contributed by atoms with Gasteiger partial charge in [0, 0.05) is 18.0 Å². The van der Waals surface area contributed by atoms with Crippen molar-refractivity contribution < 1.29 is 13.2 Å². The summed E-state index contributed by atoms with van der Waals surface area (Å²) < 4.78 is 24.8. The van der Waals surface area contributed by atoms with E-state index < -0.39 is 15.9 Å². The molecule has 1 amide bonds. The number of carbonyl (C=O) groups excluding carboxylic acids is 1. The number of aryl methyl sites for hydroxylation is 1.